The quantitative estimate of drug-likeness (QED) is 0.352. The molecule has 0 aromatic carbocycles. The van der Waals surface area contributed by atoms with Crippen molar-refractivity contribution in [3.8, 4) is 0 Å². The van der Waals surface area contributed by atoms with E-state index in [1.807, 2.05) is 0 Å². The SMILES string of the molecule is O=S(=O)(O)O.[AsH3].[H-].[H-].[Mg+2]. The second-order valence-electron chi connectivity index (χ2n) is 0.448. The molecule has 44 valence electrons. The normalized spacial score (nSPS) is 8.29. The van der Waals surface area contributed by atoms with Gasteiger partial charge in [-0.05, 0) is 0 Å². The van der Waals surface area contributed by atoms with E-state index < -0.39 is 10.4 Å². The summed E-state index contributed by atoms with van der Waals surface area (Å²) in [5, 5.41) is 0. The second-order valence-corrected chi connectivity index (χ2v) is 1.34. The molecule has 0 rings (SSSR count). The molecule has 0 radical (unpaired) electrons. The molecule has 0 amide bonds. The van der Waals surface area contributed by atoms with E-state index >= 15 is 0 Å². The summed E-state index contributed by atoms with van der Waals surface area (Å²) < 4.78 is 31.6. The molecular weight excluding hydrogens is 195 g/mol. The van der Waals surface area contributed by atoms with Crippen LogP contribution in [0.25, 0.3) is 0 Å². The van der Waals surface area contributed by atoms with Crippen LogP contribution in [0.1, 0.15) is 2.85 Å². The maximum Gasteiger partial charge on any atom is 2.00 e. The van der Waals surface area contributed by atoms with Crippen LogP contribution in [0.5, 0.6) is 0 Å². The van der Waals surface area contributed by atoms with E-state index in [2.05, 4.69) is 0 Å². The maximum absolute atomic E-state index is 8.74. The average Bonchev–Trinajstić information content (AvgIpc) is 0.722. The first-order chi connectivity index (χ1) is 2.00. The molecule has 0 aromatic heterocycles. The third-order valence-electron chi connectivity index (χ3n) is 0. The predicted molar refractivity (Wildman–Crippen MR) is 32.1 cm³/mol. The zero-order chi connectivity index (χ0) is 4.50. The Labute approximate surface area is 71.7 Å². The molecule has 0 aliphatic carbocycles. The van der Waals surface area contributed by atoms with Gasteiger partial charge in [0, 0.05) is 0 Å². The molecule has 0 bridgehead atoms. The summed E-state index contributed by atoms with van der Waals surface area (Å²) in [6.45, 7) is 0. The van der Waals surface area contributed by atoms with Crippen molar-refractivity contribution in [3.05, 3.63) is 0 Å². The smallest absolute Gasteiger partial charge is 1.00 e. The van der Waals surface area contributed by atoms with Gasteiger partial charge in [-0.1, -0.05) is 0 Å². The van der Waals surface area contributed by atoms with Crippen molar-refractivity contribution in [2.45, 2.75) is 0 Å². The van der Waals surface area contributed by atoms with Crippen molar-refractivity contribution in [2.75, 3.05) is 0 Å². The fourth-order valence-corrected chi connectivity index (χ4v) is 0. The van der Waals surface area contributed by atoms with E-state index in [9.17, 15) is 0 Å². The zero-order valence-electron chi connectivity index (χ0n) is 5.53. The minimum absolute atomic E-state index is 0. The van der Waals surface area contributed by atoms with Gasteiger partial charge in [0.05, 0.1) is 0 Å². The minimum Gasteiger partial charge on any atom is -1.00 e. The number of hydrogen-bond donors (Lipinski definition) is 2. The summed E-state index contributed by atoms with van der Waals surface area (Å²) in [4.78, 5) is 0. The zero-order valence-corrected chi connectivity index (χ0v) is 8.73. The monoisotopic (exact) mass is 202 g/mol. The van der Waals surface area contributed by atoms with Gasteiger partial charge < -0.3 is 2.85 Å². The Balaban J connectivity index is -0.0000000133. The fourth-order valence-electron chi connectivity index (χ4n) is 0. The van der Waals surface area contributed by atoms with E-state index in [-0.39, 0.29) is 43.9 Å². The standard InChI is InChI=1S/AsH3.Mg.H2O4S.2H/c;;1-5(2,3)4;;/h1H3;;(H2,1,2,3,4);;/q;+2;;2*-1. The van der Waals surface area contributed by atoms with Gasteiger partial charge in [0.15, 0.2) is 0 Å². The van der Waals surface area contributed by atoms with Gasteiger partial charge in [-0.25, -0.2) is 0 Å². The Morgan fingerprint density at radius 1 is 1.29 bits per heavy atom. The van der Waals surface area contributed by atoms with Crippen LogP contribution in [-0.2, 0) is 10.4 Å². The largest absolute Gasteiger partial charge is 2.00 e. The molecule has 0 saturated heterocycles. The van der Waals surface area contributed by atoms with Crippen molar-refractivity contribution in [1.29, 1.82) is 0 Å². The molecule has 0 aromatic rings. The minimum atomic E-state index is -4.67. The Kier molecular flexibility index (Phi) is 12.0. The van der Waals surface area contributed by atoms with Gasteiger partial charge in [-0.2, -0.15) is 8.42 Å². The van der Waals surface area contributed by atoms with Crippen LogP contribution in [0.3, 0.4) is 0 Å². The second kappa shape index (κ2) is 5.33. The molecule has 4 nitrogen and oxygen atoms in total. The molecule has 0 aliphatic rings. The molecule has 2 N–H and O–H groups in total. The summed E-state index contributed by atoms with van der Waals surface area (Å²) in [6.07, 6.45) is 0. The van der Waals surface area contributed by atoms with Crippen molar-refractivity contribution < 1.29 is 20.4 Å². The van der Waals surface area contributed by atoms with E-state index in [0.29, 0.717) is 0 Å². The molecular formula is H7AsMgO4S. The van der Waals surface area contributed by atoms with E-state index in [1.54, 1.807) is 0 Å². The van der Waals surface area contributed by atoms with Crippen molar-refractivity contribution in [1.82, 2.24) is 0 Å². The number of rotatable bonds is 0. The fraction of sp³-hybridized carbons (Fsp3) is 0. The average molecular weight is 202 g/mol. The maximum atomic E-state index is 8.74. The van der Waals surface area contributed by atoms with Gasteiger partial charge in [-0.3, -0.25) is 9.11 Å². The summed E-state index contributed by atoms with van der Waals surface area (Å²) >= 11 is 0. The molecule has 0 saturated carbocycles. The Morgan fingerprint density at radius 2 is 1.29 bits per heavy atom. The van der Waals surface area contributed by atoms with Crippen molar-refractivity contribution in [3.63, 3.8) is 0 Å². The summed E-state index contributed by atoms with van der Waals surface area (Å²) in [5.41, 5.74) is 0. The van der Waals surface area contributed by atoms with Crippen LogP contribution >= 0.6 is 0 Å². The first kappa shape index (κ1) is 15.7. The summed E-state index contributed by atoms with van der Waals surface area (Å²) in [5.74, 6) is 0. The van der Waals surface area contributed by atoms with Gasteiger partial charge in [0.1, 0.15) is 0 Å². The van der Waals surface area contributed by atoms with Crippen molar-refractivity contribution in [2.24, 2.45) is 0 Å². The Hall–Kier alpha value is 1.19. The van der Waals surface area contributed by atoms with Crippen LogP contribution in [-0.4, -0.2) is 58.5 Å². The molecule has 0 spiro atoms. The predicted octanol–water partition coefficient (Wildman–Crippen LogP) is -1.99. The van der Waals surface area contributed by atoms with Crippen LogP contribution in [0.4, 0.5) is 0 Å². The molecule has 0 fully saturated rings. The van der Waals surface area contributed by atoms with Crippen LogP contribution in [0, 0.1) is 0 Å². The molecule has 0 heterocycles. The topological polar surface area (TPSA) is 74.6 Å². The molecule has 7 heavy (non-hydrogen) atoms. The first-order valence-corrected chi connectivity index (χ1v) is 2.10. The van der Waals surface area contributed by atoms with Gasteiger partial charge in [0.25, 0.3) is 0 Å². The first-order valence-electron chi connectivity index (χ1n) is 0.698. The van der Waals surface area contributed by atoms with Gasteiger partial charge >= 0.3 is 51.4 Å². The van der Waals surface area contributed by atoms with Crippen molar-refractivity contribution >= 4 is 51.4 Å². The Morgan fingerprint density at radius 3 is 1.29 bits per heavy atom. The van der Waals surface area contributed by atoms with E-state index in [0.717, 1.165) is 0 Å². The molecule has 7 heteroatoms. The molecule has 1 unspecified atom stereocenters. The number of hydrogen-bond acceptors (Lipinski definition) is 2. The van der Waals surface area contributed by atoms with Crippen LogP contribution in [0.15, 0.2) is 0 Å². The summed E-state index contributed by atoms with van der Waals surface area (Å²) in [7, 11) is -4.67. The van der Waals surface area contributed by atoms with E-state index in [1.165, 1.54) is 0 Å². The third kappa shape index (κ3) is 136. The summed E-state index contributed by atoms with van der Waals surface area (Å²) in [6, 6.07) is 0. The third-order valence-corrected chi connectivity index (χ3v) is 0. The Bertz CT molecular complexity index is 102. The van der Waals surface area contributed by atoms with Gasteiger partial charge in [0.2, 0.25) is 0 Å². The van der Waals surface area contributed by atoms with Gasteiger partial charge in [-0.15, -0.1) is 0 Å². The van der Waals surface area contributed by atoms with Crippen LogP contribution < -0.4 is 0 Å². The molecule has 0 aliphatic heterocycles. The van der Waals surface area contributed by atoms with Crippen LogP contribution in [0.2, 0.25) is 0 Å². The molecule has 1 atom stereocenters. The van der Waals surface area contributed by atoms with E-state index in [4.69, 9.17) is 17.5 Å².